The first-order valence-electron chi connectivity index (χ1n) is 5.96. The van der Waals surface area contributed by atoms with Crippen LogP contribution in [0.25, 0.3) is 11.4 Å². The fourth-order valence-corrected chi connectivity index (χ4v) is 1.67. The maximum atomic E-state index is 11.0. The molecule has 0 aliphatic rings. The van der Waals surface area contributed by atoms with Gasteiger partial charge in [-0.25, -0.2) is 9.78 Å². The van der Waals surface area contributed by atoms with Gasteiger partial charge in [0.25, 0.3) is 0 Å². The molecule has 0 aliphatic carbocycles. The summed E-state index contributed by atoms with van der Waals surface area (Å²) in [5.74, 6) is -0.246. The van der Waals surface area contributed by atoms with Crippen molar-refractivity contribution in [2.24, 2.45) is 5.92 Å². The summed E-state index contributed by atoms with van der Waals surface area (Å²) in [4.78, 5) is 16.4. The van der Waals surface area contributed by atoms with Crippen LogP contribution in [-0.2, 0) is 6.54 Å². The Kier molecular flexibility index (Phi) is 3.55. The molecule has 0 bridgehead atoms. The quantitative estimate of drug-likeness (QED) is 0.894. The average Bonchev–Trinajstić information content (AvgIpc) is 2.75. The van der Waals surface area contributed by atoms with Gasteiger partial charge in [-0.2, -0.15) is 4.80 Å². The minimum atomic E-state index is -1.07. The molecule has 7 nitrogen and oxygen atoms in total. The number of carbonyl (C=O) groups is 1. The van der Waals surface area contributed by atoms with Crippen molar-refractivity contribution in [3.05, 3.63) is 23.5 Å². The van der Waals surface area contributed by atoms with E-state index in [0.29, 0.717) is 29.5 Å². The van der Waals surface area contributed by atoms with Crippen molar-refractivity contribution in [2.45, 2.75) is 27.3 Å². The smallest absolute Gasteiger partial charge is 0.354 e. The molecule has 0 aliphatic heterocycles. The van der Waals surface area contributed by atoms with Crippen molar-refractivity contribution >= 4 is 5.97 Å². The van der Waals surface area contributed by atoms with E-state index in [9.17, 15) is 4.79 Å². The predicted octanol–water partition coefficient (Wildman–Crippen LogP) is 1.40. The Morgan fingerprint density at radius 1 is 1.42 bits per heavy atom. The summed E-state index contributed by atoms with van der Waals surface area (Å²) in [5, 5.41) is 21.1. The lowest BCUT2D eigenvalue weighted by Crippen LogP contribution is -2.08. The fourth-order valence-electron chi connectivity index (χ4n) is 1.67. The van der Waals surface area contributed by atoms with Crippen LogP contribution >= 0.6 is 0 Å². The van der Waals surface area contributed by atoms with E-state index >= 15 is 0 Å². The predicted molar refractivity (Wildman–Crippen MR) is 67.6 cm³/mol. The molecular formula is C12H15N5O2. The Hall–Kier alpha value is -2.31. The Morgan fingerprint density at radius 3 is 2.79 bits per heavy atom. The zero-order chi connectivity index (χ0) is 14.0. The lowest BCUT2D eigenvalue weighted by atomic mass is 10.2. The van der Waals surface area contributed by atoms with Gasteiger partial charge >= 0.3 is 5.97 Å². The number of hydrogen-bond donors (Lipinski definition) is 1. The van der Waals surface area contributed by atoms with Crippen LogP contribution in [0.4, 0.5) is 0 Å². The largest absolute Gasteiger partial charge is 0.477 e. The Balaban J connectivity index is 2.36. The lowest BCUT2D eigenvalue weighted by Gasteiger charge is -2.01. The first kappa shape index (κ1) is 13.1. The Labute approximate surface area is 110 Å². The SMILES string of the molecule is Cc1cc(-c2nnn(CC(C)C)n2)cc(C(=O)O)n1. The number of aromatic carboxylic acids is 1. The molecule has 0 atom stereocenters. The Morgan fingerprint density at radius 2 is 2.16 bits per heavy atom. The van der Waals surface area contributed by atoms with Crippen LogP contribution in [0.1, 0.15) is 30.0 Å². The molecule has 2 rings (SSSR count). The van der Waals surface area contributed by atoms with Crippen LogP contribution in [0, 0.1) is 12.8 Å². The maximum Gasteiger partial charge on any atom is 0.354 e. The van der Waals surface area contributed by atoms with Crippen LogP contribution in [0.5, 0.6) is 0 Å². The molecule has 0 radical (unpaired) electrons. The topological polar surface area (TPSA) is 93.8 Å². The van der Waals surface area contributed by atoms with Crippen LogP contribution in [0.15, 0.2) is 12.1 Å². The Bertz CT molecular complexity index is 606. The second kappa shape index (κ2) is 5.13. The summed E-state index contributed by atoms with van der Waals surface area (Å²) < 4.78 is 0. The molecular weight excluding hydrogens is 246 g/mol. The summed E-state index contributed by atoms with van der Waals surface area (Å²) >= 11 is 0. The van der Waals surface area contributed by atoms with Gasteiger partial charge < -0.3 is 5.11 Å². The minimum absolute atomic E-state index is 0.0183. The third kappa shape index (κ3) is 3.12. The van der Waals surface area contributed by atoms with E-state index in [0.717, 1.165) is 0 Å². The highest BCUT2D eigenvalue weighted by Crippen LogP contribution is 2.16. The number of pyridine rings is 1. The number of carboxylic acid groups (broad SMARTS) is 1. The zero-order valence-corrected chi connectivity index (χ0v) is 11.0. The molecule has 0 saturated carbocycles. The first-order chi connectivity index (χ1) is 8.95. The molecule has 2 heterocycles. The van der Waals surface area contributed by atoms with Crippen molar-refractivity contribution in [3.63, 3.8) is 0 Å². The molecule has 2 aromatic rings. The summed E-state index contributed by atoms with van der Waals surface area (Å²) in [7, 11) is 0. The van der Waals surface area contributed by atoms with E-state index in [1.807, 2.05) is 0 Å². The first-order valence-corrected chi connectivity index (χ1v) is 5.96. The summed E-state index contributed by atoms with van der Waals surface area (Å²) in [6, 6.07) is 3.19. The normalized spacial score (nSPS) is 10.9. The molecule has 0 aromatic carbocycles. The summed E-state index contributed by atoms with van der Waals surface area (Å²) in [5.41, 5.74) is 1.20. The van der Waals surface area contributed by atoms with Gasteiger partial charge in [0.05, 0.1) is 6.54 Å². The van der Waals surface area contributed by atoms with E-state index < -0.39 is 5.97 Å². The van der Waals surface area contributed by atoms with Gasteiger partial charge in [-0.05, 0) is 30.2 Å². The minimum Gasteiger partial charge on any atom is -0.477 e. The van der Waals surface area contributed by atoms with Crippen LogP contribution in [-0.4, -0.2) is 36.3 Å². The van der Waals surface area contributed by atoms with E-state index in [4.69, 9.17) is 5.11 Å². The summed E-state index contributed by atoms with van der Waals surface area (Å²) in [6.45, 7) is 6.52. The van der Waals surface area contributed by atoms with Crippen LogP contribution < -0.4 is 0 Å². The third-order valence-corrected chi connectivity index (χ3v) is 2.41. The molecule has 0 saturated heterocycles. The fraction of sp³-hybridized carbons (Fsp3) is 0.417. The number of tetrazole rings is 1. The number of aryl methyl sites for hydroxylation is 1. The zero-order valence-electron chi connectivity index (χ0n) is 11.0. The van der Waals surface area contributed by atoms with E-state index in [1.165, 1.54) is 10.9 Å². The second-order valence-corrected chi connectivity index (χ2v) is 4.75. The lowest BCUT2D eigenvalue weighted by molar-refractivity contribution is 0.0690. The molecule has 7 heteroatoms. The van der Waals surface area contributed by atoms with Crippen molar-refractivity contribution in [1.29, 1.82) is 0 Å². The average molecular weight is 261 g/mol. The van der Waals surface area contributed by atoms with E-state index in [-0.39, 0.29) is 5.69 Å². The number of carboxylic acids is 1. The van der Waals surface area contributed by atoms with Gasteiger partial charge in [-0.3, -0.25) is 0 Å². The highest BCUT2D eigenvalue weighted by Gasteiger charge is 2.12. The van der Waals surface area contributed by atoms with Gasteiger partial charge in [-0.15, -0.1) is 10.2 Å². The van der Waals surface area contributed by atoms with Crippen molar-refractivity contribution in [1.82, 2.24) is 25.2 Å². The molecule has 0 amide bonds. The highest BCUT2D eigenvalue weighted by atomic mass is 16.4. The van der Waals surface area contributed by atoms with E-state index in [2.05, 4.69) is 34.2 Å². The monoisotopic (exact) mass is 261 g/mol. The van der Waals surface area contributed by atoms with Gasteiger partial charge in [0.15, 0.2) is 0 Å². The van der Waals surface area contributed by atoms with Crippen LogP contribution in [0.3, 0.4) is 0 Å². The maximum absolute atomic E-state index is 11.0. The molecule has 0 unspecified atom stereocenters. The number of nitrogens with zero attached hydrogens (tertiary/aromatic N) is 5. The molecule has 19 heavy (non-hydrogen) atoms. The highest BCUT2D eigenvalue weighted by molar-refractivity contribution is 5.86. The third-order valence-electron chi connectivity index (χ3n) is 2.41. The molecule has 0 fully saturated rings. The van der Waals surface area contributed by atoms with Crippen molar-refractivity contribution < 1.29 is 9.90 Å². The molecule has 1 N–H and O–H groups in total. The number of hydrogen-bond acceptors (Lipinski definition) is 5. The van der Waals surface area contributed by atoms with Crippen LogP contribution in [0.2, 0.25) is 0 Å². The van der Waals surface area contributed by atoms with Crippen molar-refractivity contribution in [2.75, 3.05) is 0 Å². The second-order valence-electron chi connectivity index (χ2n) is 4.75. The molecule has 0 spiro atoms. The standard InChI is InChI=1S/C12H15N5O2/c1-7(2)6-17-15-11(14-16-17)9-4-8(3)13-10(5-9)12(18)19/h4-5,7H,6H2,1-3H3,(H,18,19). The van der Waals surface area contributed by atoms with E-state index in [1.54, 1.807) is 13.0 Å². The molecule has 2 aromatic heterocycles. The van der Waals surface area contributed by atoms with Gasteiger partial charge in [0, 0.05) is 11.3 Å². The van der Waals surface area contributed by atoms with Gasteiger partial charge in [0.2, 0.25) is 5.82 Å². The van der Waals surface area contributed by atoms with Gasteiger partial charge in [0.1, 0.15) is 5.69 Å². The molecule has 100 valence electrons. The number of rotatable bonds is 4. The number of aromatic nitrogens is 5. The van der Waals surface area contributed by atoms with Gasteiger partial charge in [-0.1, -0.05) is 13.8 Å². The summed E-state index contributed by atoms with van der Waals surface area (Å²) in [6.07, 6.45) is 0. The van der Waals surface area contributed by atoms with Crippen molar-refractivity contribution in [3.8, 4) is 11.4 Å².